The Morgan fingerprint density at radius 1 is 2.00 bits per heavy atom. The lowest BCUT2D eigenvalue weighted by Crippen LogP contribution is -1.56. The average molecular weight is 74.1 g/mol. The molecule has 0 saturated heterocycles. The summed E-state index contributed by atoms with van der Waals surface area (Å²) >= 11 is 0. The van der Waals surface area contributed by atoms with Crippen LogP contribution in [0.3, 0.4) is 0 Å². The van der Waals surface area contributed by atoms with Crippen LogP contribution in [-0.2, 0) is 4.79 Å². The molecular weight excluding hydrogens is 71.0 g/mol. The Kier molecular flexibility index (Phi) is 2.96. The van der Waals surface area contributed by atoms with Crippen molar-refractivity contribution in [3.8, 4) is 0 Å². The van der Waals surface area contributed by atoms with E-state index in [1.54, 1.807) is 0 Å². The van der Waals surface area contributed by atoms with Crippen LogP contribution in [0.2, 0.25) is 0 Å². The predicted molar refractivity (Wildman–Crippen MR) is 16.2 cm³/mol. The molecule has 0 aromatic carbocycles. The van der Waals surface area contributed by atoms with Gasteiger partial charge < -0.3 is 0 Å². The van der Waals surface area contributed by atoms with E-state index in [0.717, 1.165) is 6.08 Å². The Bertz CT molecular complexity index is 53.9. The predicted octanol–water partition coefficient (Wildman–Crippen LogP) is 0.344. The Labute approximate surface area is 29.1 Å². The molecule has 0 saturated carbocycles. The van der Waals surface area contributed by atoms with Crippen molar-refractivity contribution in [1.82, 2.24) is 0 Å². The number of hydrogen-bond donors (Lipinski definition) is 0. The molecule has 0 N–H and O–H groups in total. The van der Waals surface area contributed by atoms with Crippen molar-refractivity contribution in [2.24, 2.45) is 0 Å². The smallest absolute Gasteiger partial charge is 0.122 e. The highest BCUT2D eigenvalue weighted by atomic mass is 19.1. The molecule has 0 unspecified atom stereocenters. The molecule has 0 heterocycles. The molecule has 1 nitrogen and oxygen atoms in total. The van der Waals surface area contributed by atoms with Gasteiger partial charge in [0.2, 0.25) is 0 Å². The molecule has 0 aliphatic carbocycles. The summed E-state index contributed by atoms with van der Waals surface area (Å²) in [5, 5.41) is 0. The minimum absolute atomic E-state index is 0.705. The lowest BCUT2D eigenvalue weighted by atomic mass is 10.7. The van der Waals surface area contributed by atoms with Crippen LogP contribution in [0, 0.1) is 0 Å². The fourth-order valence-corrected chi connectivity index (χ4v) is 0.0315. The summed E-state index contributed by atoms with van der Waals surface area (Å²) < 4.78 is 10.7. The molecule has 0 rings (SSSR count). The maximum Gasteiger partial charge on any atom is 0.122 e. The van der Waals surface area contributed by atoms with E-state index in [1.165, 1.54) is 5.94 Å². The summed E-state index contributed by atoms with van der Waals surface area (Å²) in [6, 6.07) is 0. The Hall–Kier alpha value is -0.620. The first-order chi connectivity index (χ1) is 2.41. The zero-order valence-corrected chi connectivity index (χ0v) is 2.57. The highest BCUT2D eigenvalue weighted by molar-refractivity contribution is 5.44. The first-order valence-corrected chi connectivity index (χ1v) is 1.17. The SMILES string of the molecule is O=C=CCF. The van der Waals surface area contributed by atoms with Gasteiger partial charge in [-0.25, -0.2) is 9.18 Å². The highest BCUT2D eigenvalue weighted by Crippen LogP contribution is 1.58. The molecule has 0 aromatic heterocycles. The van der Waals surface area contributed by atoms with Crippen molar-refractivity contribution in [3.05, 3.63) is 6.08 Å². The second kappa shape index (κ2) is 3.38. The third-order valence-corrected chi connectivity index (χ3v) is 0.160. The van der Waals surface area contributed by atoms with Crippen LogP contribution in [0.25, 0.3) is 0 Å². The molecule has 0 aromatic rings. The quantitative estimate of drug-likeness (QED) is 0.410. The fourth-order valence-electron chi connectivity index (χ4n) is 0.0315. The van der Waals surface area contributed by atoms with Gasteiger partial charge in [-0.15, -0.1) is 0 Å². The second-order valence-corrected chi connectivity index (χ2v) is 0.476. The van der Waals surface area contributed by atoms with E-state index in [9.17, 15) is 4.39 Å². The lowest BCUT2D eigenvalue weighted by Gasteiger charge is -1.52. The number of halogens is 1. The van der Waals surface area contributed by atoms with Crippen molar-refractivity contribution < 1.29 is 9.18 Å². The molecule has 0 aliphatic heterocycles. The minimum Gasteiger partial charge on any atom is -0.246 e. The monoisotopic (exact) mass is 74.0 g/mol. The van der Waals surface area contributed by atoms with E-state index >= 15 is 0 Å². The Morgan fingerprint density at radius 3 is 2.60 bits per heavy atom. The normalized spacial score (nSPS) is 5.80. The number of alkyl halides is 1. The molecule has 0 spiro atoms. The van der Waals surface area contributed by atoms with Crippen molar-refractivity contribution in [3.63, 3.8) is 0 Å². The van der Waals surface area contributed by atoms with Gasteiger partial charge in [0.15, 0.2) is 0 Å². The summed E-state index contributed by atoms with van der Waals surface area (Å²) in [4.78, 5) is 8.98. The molecule has 28 valence electrons. The average Bonchev–Trinajstić information content (AvgIpc) is 1.41. The maximum atomic E-state index is 10.7. The van der Waals surface area contributed by atoms with Crippen molar-refractivity contribution in [2.45, 2.75) is 0 Å². The Morgan fingerprint density at radius 2 is 2.60 bits per heavy atom. The van der Waals surface area contributed by atoms with Gasteiger partial charge in [-0.3, -0.25) is 0 Å². The molecule has 0 fully saturated rings. The number of hydrogen-bond acceptors (Lipinski definition) is 1. The van der Waals surface area contributed by atoms with Crippen LogP contribution in [0.4, 0.5) is 4.39 Å². The standard InChI is InChI=1S/C3H3FO/c4-2-1-3-5/h1H,2H2. The van der Waals surface area contributed by atoms with Crippen molar-refractivity contribution in [2.75, 3.05) is 6.67 Å². The topological polar surface area (TPSA) is 17.1 Å². The highest BCUT2D eigenvalue weighted by Gasteiger charge is 1.57. The molecule has 0 amide bonds. The van der Waals surface area contributed by atoms with Gasteiger partial charge >= 0.3 is 0 Å². The first kappa shape index (κ1) is 4.38. The molecule has 0 radical (unpaired) electrons. The zero-order valence-electron chi connectivity index (χ0n) is 2.57. The summed E-state index contributed by atoms with van der Waals surface area (Å²) in [5.41, 5.74) is 0. The van der Waals surface area contributed by atoms with Crippen LogP contribution >= 0.6 is 0 Å². The molecule has 5 heavy (non-hydrogen) atoms. The number of carbonyl (C=O) groups excluding carboxylic acids is 1. The largest absolute Gasteiger partial charge is 0.246 e. The lowest BCUT2D eigenvalue weighted by molar-refractivity contribution is 0.548. The molecular formula is C3H3FO. The number of rotatable bonds is 1. The second-order valence-electron chi connectivity index (χ2n) is 0.476. The van der Waals surface area contributed by atoms with Gasteiger partial charge in [-0.1, -0.05) is 0 Å². The van der Waals surface area contributed by atoms with Crippen LogP contribution in [0.5, 0.6) is 0 Å². The number of allylic oxidation sites excluding steroid dienone is 1. The summed E-state index contributed by atoms with van der Waals surface area (Å²) in [6.45, 7) is -0.705. The van der Waals surface area contributed by atoms with Gasteiger partial charge in [0.25, 0.3) is 0 Å². The summed E-state index contributed by atoms with van der Waals surface area (Å²) in [7, 11) is 0. The molecule has 2 heteroatoms. The van der Waals surface area contributed by atoms with Gasteiger partial charge in [0.1, 0.15) is 12.6 Å². The van der Waals surface area contributed by atoms with Crippen LogP contribution < -0.4 is 0 Å². The van der Waals surface area contributed by atoms with Gasteiger partial charge in [0, 0.05) is 6.08 Å². The van der Waals surface area contributed by atoms with E-state index in [2.05, 4.69) is 0 Å². The van der Waals surface area contributed by atoms with Gasteiger partial charge in [-0.05, 0) is 0 Å². The van der Waals surface area contributed by atoms with E-state index < -0.39 is 6.67 Å². The van der Waals surface area contributed by atoms with E-state index in [0.29, 0.717) is 0 Å². The van der Waals surface area contributed by atoms with Crippen molar-refractivity contribution >= 4 is 5.94 Å². The fraction of sp³-hybridized carbons (Fsp3) is 0.333. The molecule has 0 aliphatic rings. The first-order valence-electron chi connectivity index (χ1n) is 1.17. The maximum absolute atomic E-state index is 10.7. The van der Waals surface area contributed by atoms with Crippen LogP contribution in [-0.4, -0.2) is 12.6 Å². The minimum atomic E-state index is -0.705. The van der Waals surface area contributed by atoms with Crippen LogP contribution in [0.1, 0.15) is 0 Å². The zero-order chi connectivity index (χ0) is 4.12. The van der Waals surface area contributed by atoms with E-state index in [-0.39, 0.29) is 0 Å². The van der Waals surface area contributed by atoms with Gasteiger partial charge in [0.05, 0.1) is 0 Å². The molecule has 0 atom stereocenters. The van der Waals surface area contributed by atoms with Gasteiger partial charge in [-0.2, -0.15) is 0 Å². The van der Waals surface area contributed by atoms with Crippen LogP contribution in [0.15, 0.2) is 6.08 Å². The summed E-state index contributed by atoms with van der Waals surface area (Å²) in [6.07, 6.45) is 0.778. The summed E-state index contributed by atoms with van der Waals surface area (Å²) in [5.74, 6) is 1.27. The third kappa shape index (κ3) is 3.38. The van der Waals surface area contributed by atoms with E-state index in [4.69, 9.17) is 4.79 Å². The van der Waals surface area contributed by atoms with Crippen molar-refractivity contribution in [1.29, 1.82) is 0 Å². The van der Waals surface area contributed by atoms with E-state index in [1.807, 2.05) is 0 Å². The third-order valence-electron chi connectivity index (χ3n) is 0.160. The molecule has 0 bridgehead atoms. The Balaban J connectivity index is 2.93.